The first-order chi connectivity index (χ1) is 10.9. The van der Waals surface area contributed by atoms with Crippen molar-refractivity contribution >= 4 is 23.2 Å². The van der Waals surface area contributed by atoms with E-state index in [1.165, 1.54) is 0 Å². The summed E-state index contributed by atoms with van der Waals surface area (Å²) in [7, 11) is 0. The van der Waals surface area contributed by atoms with Crippen LogP contribution in [-0.2, 0) is 4.79 Å². The Morgan fingerprint density at radius 1 is 1.13 bits per heavy atom. The molecule has 23 heavy (non-hydrogen) atoms. The van der Waals surface area contributed by atoms with Crippen LogP contribution < -0.4 is 10.6 Å². The number of nitrogens with one attached hydrogen (secondary N) is 2. The summed E-state index contributed by atoms with van der Waals surface area (Å²) in [5, 5.41) is 6.61. The predicted octanol–water partition coefficient (Wildman–Crippen LogP) is 2.66. The number of nitrogens with zero attached hydrogens (tertiary/aromatic N) is 1. The van der Waals surface area contributed by atoms with Crippen molar-refractivity contribution in [2.24, 2.45) is 5.92 Å². The molecule has 0 aliphatic heterocycles. The molecule has 2 N–H and O–H groups in total. The van der Waals surface area contributed by atoms with Crippen molar-refractivity contribution in [3.63, 3.8) is 0 Å². The molecule has 0 aliphatic rings. The molecule has 0 saturated carbocycles. The fourth-order valence-corrected chi connectivity index (χ4v) is 3.30. The third-order valence-electron chi connectivity index (χ3n) is 3.67. The fourth-order valence-electron chi connectivity index (χ4n) is 2.18. The van der Waals surface area contributed by atoms with E-state index in [4.69, 9.17) is 0 Å². The van der Waals surface area contributed by atoms with E-state index in [0.717, 1.165) is 15.4 Å². The minimum Gasteiger partial charge on any atom is -0.354 e. The van der Waals surface area contributed by atoms with E-state index < -0.39 is 0 Å². The zero-order valence-electron chi connectivity index (χ0n) is 14.0. The number of hydrogen-bond donors (Lipinski definition) is 2. The van der Waals surface area contributed by atoms with Gasteiger partial charge in [-0.3, -0.25) is 9.59 Å². The van der Waals surface area contributed by atoms with E-state index in [-0.39, 0.29) is 17.7 Å². The van der Waals surface area contributed by atoms with Gasteiger partial charge in [-0.15, -0.1) is 11.3 Å². The smallest absolute Gasteiger partial charge is 0.254 e. The van der Waals surface area contributed by atoms with Crippen molar-refractivity contribution in [2.45, 2.75) is 27.7 Å². The number of hydrogen-bond acceptors (Lipinski definition) is 3. The first-order valence-electron chi connectivity index (χ1n) is 7.71. The summed E-state index contributed by atoms with van der Waals surface area (Å²) >= 11 is 1.61. The molecular formula is C17H23N3O2S. The summed E-state index contributed by atoms with van der Waals surface area (Å²) in [6.45, 7) is 8.52. The summed E-state index contributed by atoms with van der Waals surface area (Å²) in [4.78, 5) is 25.2. The largest absolute Gasteiger partial charge is 0.354 e. The van der Waals surface area contributed by atoms with E-state index in [1.807, 2.05) is 56.8 Å². The standard InChI is InChI=1S/C17H23N3O2S/c1-11(2)15(21)18-7-8-19-16(22)14-12(3)13(4)23-17(14)20-9-5-6-10-20/h5-6,9-11H,7-8H2,1-4H3,(H,18,21)(H,19,22). The Bertz CT molecular complexity index is 687. The Morgan fingerprint density at radius 2 is 1.74 bits per heavy atom. The second kappa shape index (κ2) is 7.46. The molecule has 0 atom stereocenters. The molecule has 5 nitrogen and oxygen atoms in total. The van der Waals surface area contributed by atoms with Gasteiger partial charge in [-0.1, -0.05) is 13.8 Å². The molecule has 0 aliphatic carbocycles. The highest BCUT2D eigenvalue weighted by Gasteiger charge is 2.20. The molecule has 0 radical (unpaired) electrons. The molecule has 0 fully saturated rings. The number of amides is 2. The molecule has 6 heteroatoms. The molecule has 124 valence electrons. The summed E-state index contributed by atoms with van der Waals surface area (Å²) in [6, 6.07) is 3.88. The van der Waals surface area contributed by atoms with Gasteiger partial charge in [-0.2, -0.15) is 0 Å². The topological polar surface area (TPSA) is 63.1 Å². The zero-order chi connectivity index (χ0) is 17.0. The number of thiophene rings is 1. The number of aromatic nitrogens is 1. The molecule has 0 bridgehead atoms. The Morgan fingerprint density at radius 3 is 2.35 bits per heavy atom. The molecule has 0 spiro atoms. The van der Waals surface area contributed by atoms with Gasteiger partial charge in [0.1, 0.15) is 5.00 Å². The van der Waals surface area contributed by atoms with E-state index in [2.05, 4.69) is 10.6 Å². The lowest BCUT2D eigenvalue weighted by molar-refractivity contribution is -0.123. The van der Waals surface area contributed by atoms with Gasteiger partial charge in [0, 0.05) is 36.3 Å². The van der Waals surface area contributed by atoms with Crippen LogP contribution in [0.15, 0.2) is 24.5 Å². The van der Waals surface area contributed by atoms with Crippen molar-refractivity contribution in [3.05, 3.63) is 40.5 Å². The predicted molar refractivity (Wildman–Crippen MR) is 93.3 cm³/mol. The number of carbonyl (C=O) groups excluding carboxylic acids is 2. The van der Waals surface area contributed by atoms with Crippen LogP contribution in [0, 0.1) is 19.8 Å². The van der Waals surface area contributed by atoms with Crippen molar-refractivity contribution in [1.29, 1.82) is 0 Å². The monoisotopic (exact) mass is 333 g/mol. The van der Waals surface area contributed by atoms with Gasteiger partial charge in [0.25, 0.3) is 5.91 Å². The quantitative estimate of drug-likeness (QED) is 0.798. The van der Waals surface area contributed by atoms with Gasteiger partial charge in [0.05, 0.1) is 5.56 Å². The third kappa shape index (κ3) is 4.01. The zero-order valence-corrected chi connectivity index (χ0v) is 14.8. The van der Waals surface area contributed by atoms with Gasteiger partial charge >= 0.3 is 0 Å². The summed E-state index contributed by atoms with van der Waals surface area (Å²) in [5.74, 6) is -0.156. The SMILES string of the molecule is Cc1sc(-n2cccc2)c(C(=O)NCCNC(=O)C(C)C)c1C. The van der Waals surface area contributed by atoms with Gasteiger partial charge in [-0.05, 0) is 31.5 Å². The lowest BCUT2D eigenvalue weighted by atomic mass is 10.1. The van der Waals surface area contributed by atoms with Crippen LogP contribution in [-0.4, -0.2) is 29.5 Å². The maximum atomic E-state index is 12.5. The van der Waals surface area contributed by atoms with E-state index >= 15 is 0 Å². The van der Waals surface area contributed by atoms with E-state index in [9.17, 15) is 9.59 Å². The Balaban J connectivity index is 2.04. The van der Waals surface area contributed by atoms with Crippen LogP contribution in [0.1, 0.15) is 34.6 Å². The van der Waals surface area contributed by atoms with Crippen molar-refractivity contribution < 1.29 is 9.59 Å². The average Bonchev–Trinajstić information content (AvgIpc) is 3.12. The van der Waals surface area contributed by atoms with Gasteiger partial charge in [0.2, 0.25) is 5.91 Å². The number of aryl methyl sites for hydroxylation is 1. The van der Waals surface area contributed by atoms with Gasteiger partial charge in [0.15, 0.2) is 0 Å². The minimum absolute atomic E-state index is 0.00478. The molecule has 0 unspecified atom stereocenters. The normalized spacial score (nSPS) is 10.8. The van der Waals surface area contributed by atoms with E-state index in [1.54, 1.807) is 11.3 Å². The second-order valence-electron chi connectivity index (χ2n) is 5.76. The molecule has 0 aromatic carbocycles. The fraction of sp³-hybridized carbons (Fsp3) is 0.412. The lowest BCUT2D eigenvalue weighted by Gasteiger charge is -2.10. The Hall–Kier alpha value is -2.08. The molecule has 2 amide bonds. The van der Waals surface area contributed by atoms with Crippen LogP contribution in [0.4, 0.5) is 0 Å². The van der Waals surface area contributed by atoms with Crippen molar-refractivity contribution in [2.75, 3.05) is 13.1 Å². The highest BCUT2D eigenvalue weighted by Crippen LogP contribution is 2.30. The minimum atomic E-state index is -0.102. The van der Waals surface area contributed by atoms with Gasteiger partial charge in [-0.25, -0.2) is 0 Å². The lowest BCUT2D eigenvalue weighted by Crippen LogP contribution is -2.36. The van der Waals surface area contributed by atoms with E-state index in [0.29, 0.717) is 18.7 Å². The summed E-state index contributed by atoms with van der Waals surface area (Å²) < 4.78 is 1.96. The molecule has 2 rings (SSSR count). The second-order valence-corrected chi connectivity index (χ2v) is 6.96. The Kier molecular flexibility index (Phi) is 5.60. The van der Waals surface area contributed by atoms with Crippen LogP contribution in [0.3, 0.4) is 0 Å². The molecule has 0 saturated heterocycles. The van der Waals surface area contributed by atoms with Crippen LogP contribution in [0.25, 0.3) is 5.00 Å². The summed E-state index contributed by atoms with van der Waals surface area (Å²) in [6.07, 6.45) is 3.87. The van der Waals surface area contributed by atoms with Crippen LogP contribution in [0.5, 0.6) is 0 Å². The third-order valence-corrected chi connectivity index (χ3v) is 4.89. The van der Waals surface area contributed by atoms with Crippen molar-refractivity contribution in [3.8, 4) is 5.00 Å². The number of rotatable bonds is 6. The highest BCUT2D eigenvalue weighted by molar-refractivity contribution is 7.15. The van der Waals surface area contributed by atoms with Crippen LogP contribution >= 0.6 is 11.3 Å². The highest BCUT2D eigenvalue weighted by atomic mass is 32.1. The molecular weight excluding hydrogens is 310 g/mol. The van der Waals surface area contributed by atoms with Crippen molar-refractivity contribution in [1.82, 2.24) is 15.2 Å². The first kappa shape index (κ1) is 17.3. The maximum absolute atomic E-state index is 12.5. The first-order valence-corrected chi connectivity index (χ1v) is 8.52. The molecule has 2 aromatic rings. The molecule has 2 aromatic heterocycles. The van der Waals surface area contributed by atoms with Gasteiger partial charge < -0.3 is 15.2 Å². The average molecular weight is 333 g/mol. The maximum Gasteiger partial charge on any atom is 0.254 e. The number of carbonyl (C=O) groups is 2. The summed E-state index contributed by atoms with van der Waals surface area (Å²) in [5.41, 5.74) is 1.71. The Labute approximate surface area is 140 Å². The van der Waals surface area contributed by atoms with Crippen LogP contribution in [0.2, 0.25) is 0 Å². The molecule has 2 heterocycles.